The number of halogens is 3. The van der Waals surface area contributed by atoms with Crippen LogP contribution in [0.25, 0.3) is 0 Å². The summed E-state index contributed by atoms with van der Waals surface area (Å²) in [7, 11) is 0. The van der Waals surface area contributed by atoms with Crippen LogP contribution in [0.3, 0.4) is 0 Å². The molecule has 0 bridgehead atoms. The Bertz CT molecular complexity index is 473. The molecule has 106 valence electrons. The third-order valence-electron chi connectivity index (χ3n) is 3.03. The van der Waals surface area contributed by atoms with Crippen molar-refractivity contribution in [3.63, 3.8) is 0 Å². The van der Waals surface area contributed by atoms with Gasteiger partial charge in [-0.1, -0.05) is 0 Å². The first-order valence-corrected chi connectivity index (χ1v) is 6.00. The average molecular weight is 276 g/mol. The monoisotopic (exact) mass is 276 g/mol. The van der Waals surface area contributed by atoms with E-state index in [1.165, 1.54) is 17.2 Å². The van der Waals surface area contributed by atoms with Crippen molar-refractivity contribution in [3.8, 4) is 0 Å². The number of alkyl halides is 3. The molecule has 1 aromatic rings. The Morgan fingerprint density at radius 1 is 1.53 bits per heavy atom. The van der Waals surface area contributed by atoms with Gasteiger partial charge in [-0.15, -0.1) is 0 Å². The van der Waals surface area contributed by atoms with Crippen molar-refractivity contribution in [3.05, 3.63) is 22.6 Å². The molecule has 1 saturated heterocycles. The van der Waals surface area contributed by atoms with Gasteiger partial charge >= 0.3 is 6.18 Å². The molecule has 0 saturated carbocycles. The summed E-state index contributed by atoms with van der Waals surface area (Å²) in [6.07, 6.45) is -1.94. The van der Waals surface area contributed by atoms with Crippen LogP contribution in [0, 0.1) is 5.92 Å². The summed E-state index contributed by atoms with van der Waals surface area (Å²) in [4.78, 5) is 12.4. The summed E-state index contributed by atoms with van der Waals surface area (Å²) in [6.45, 7) is 0.568. The van der Waals surface area contributed by atoms with Crippen molar-refractivity contribution >= 4 is 5.69 Å². The van der Waals surface area contributed by atoms with Gasteiger partial charge in [-0.2, -0.15) is 18.3 Å². The normalized spacial score (nSPS) is 20.7. The van der Waals surface area contributed by atoms with E-state index in [-0.39, 0.29) is 11.5 Å². The van der Waals surface area contributed by atoms with Gasteiger partial charge in [0.15, 0.2) is 0 Å². The number of aromatic amines is 1. The number of hydrogen-bond donors (Lipinski definition) is 2. The molecule has 2 rings (SSSR count). The van der Waals surface area contributed by atoms with Gasteiger partial charge in [0.2, 0.25) is 0 Å². The van der Waals surface area contributed by atoms with E-state index in [1.54, 1.807) is 0 Å². The smallest absolute Gasteiger partial charge is 0.383 e. The maximum absolute atomic E-state index is 12.2. The predicted molar refractivity (Wildman–Crippen MR) is 63.9 cm³/mol. The highest BCUT2D eigenvalue weighted by atomic mass is 19.4. The lowest BCUT2D eigenvalue weighted by Crippen LogP contribution is -2.33. The summed E-state index contributed by atoms with van der Waals surface area (Å²) < 4.78 is 36.7. The molecule has 1 aromatic heterocycles. The minimum absolute atomic E-state index is 0.154. The Kier molecular flexibility index (Phi) is 4.08. The van der Waals surface area contributed by atoms with Crippen molar-refractivity contribution in [2.45, 2.75) is 12.6 Å². The third-order valence-corrected chi connectivity index (χ3v) is 3.03. The summed E-state index contributed by atoms with van der Waals surface area (Å²) in [5.41, 5.74) is 0.271. The van der Waals surface area contributed by atoms with E-state index < -0.39 is 12.7 Å². The molecule has 0 radical (unpaired) electrons. The Hall–Kier alpha value is -1.57. The average Bonchev–Trinajstić information content (AvgIpc) is 2.72. The van der Waals surface area contributed by atoms with Gasteiger partial charge in [-0.3, -0.25) is 9.69 Å². The molecule has 1 aliphatic rings. The fourth-order valence-corrected chi connectivity index (χ4v) is 2.21. The minimum Gasteiger partial charge on any atom is -0.383 e. The van der Waals surface area contributed by atoms with Gasteiger partial charge in [-0.05, 0) is 18.9 Å². The van der Waals surface area contributed by atoms with Crippen molar-refractivity contribution in [2.24, 2.45) is 5.92 Å². The van der Waals surface area contributed by atoms with Crippen LogP contribution in [0.4, 0.5) is 18.9 Å². The fourth-order valence-electron chi connectivity index (χ4n) is 2.21. The molecule has 19 heavy (non-hydrogen) atoms. The van der Waals surface area contributed by atoms with Gasteiger partial charge in [0.05, 0.1) is 18.4 Å². The predicted octanol–water partition coefficient (Wildman–Crippen LogP) is 1.07. The van der Waals surface area contributed by atoms with Gasteiger partial charge in [0, 0.05) is 19.2 Å². The van der Waals surface area contributed by atoms with E-state index in [1.807, 2.05) is 0 Å². The van der Waals surface area contributed by atoms with Crippen molar-refractivity contribution in [1.82, 2.24) is 15.1 Å². The standard InChI is InChI=1S/C11H15F3N4O/c12-11(13,14)7-18-2-1-8(6-18)4-15-9-3-10(19)17-16-5-9/h3,5,8H,1-2,4,6-7H2,(H2,15,17,19). The lowest BCUT2D eigenvalue weighted by atomic mass is 10.1. The first-order valence-electron chi connectivity index (χ1n) is 6.00. The fraction of sp³-hybridized carbons (Fsp3) is 0.636. The molecule has 8 heteroatoms. The first kappa shape index (κ1) is 13.9. The van der Waals surface area contributed by atoms with Gasteiger partial charge in [0.1, 0.15) is 0 Å². The third kappa shape index (κ3) is 4.55. The highest BCUT2D eigenvalue weighted by Crippen LogP contribution is 2.22. The maximum atomic E-state index is 12.2. The Morgan fingerprint density at radius 2 is 2.32 bits per heavy atom. The lowest BCUT2D eigenvalue weighted by Gasteiger charge is -2.18. The van der Waals surface area contributed by atoms with Crippen LogP contribution in [0.15, 0.2) is 17.1 Å². The molecule has 5 nitrogen and oxygen atoms in total. The number of nitrogens with one attached hydrogen (secondary N) is 2. The SMILES string of the molecule is O=c1cc(NCC2CCN(CC(F)(F)F)C2)cn[nH]1. The zero-order valence-electron chi connectivity index (χ0n) is 10.2. The summed E-state index contributed by atoms with van der Waals surface area (Å²) in [5, 5.41) is 8.91. The zero-order valence-corrected chi connectivity index (χ0v) is 10.2. The van der Waals surface area contributed by atoms with Crippen LogP contribution in [-0.4, -0.2) is 47.5 Å². The number of anilines is 1. The van der Waals surface area contributed by atoms with E-state index >= 15 is 0 Å². The largest absolute Gasteiger partial charge is 0.401 e. The van der Waals surface area contributed by atoms with Crippen LogP contribution in [0.1, 0.15) is 6.42 Å². The number of likely N-dealkylation sites (tertiary alicyclic amines) is 1. The van der Waals surface area contributed by atoms with Gasteiger partial charge in [0.25, 0.3) is 5.56 Å². The Labute approximate surface area is 107 Å². The van der Waals surface area contributed by atoms with Crippen LogP contribution < -0.4 is 10.9 Å². The molecule has 2 N–H and O–H groups in total. The van der Waals surface area contributed by atoms with Crippen LogP contribution in [0.2, 0.25) is 0 Å². The molecule has 1 aliphatic heterocycles. The molecule has 2 heterocycles. The second-order valence-electron chi connectivity index (χ2n) is 4.72. The van der Waals surface area contributed by atoms with Gasteiger partial charge < -0.3 is 5.32 Å². The Morgan fingerprint density at radius 3 is 3.00 bits per heavy atom. The Balaban J connectivity index is 1.78. The van der Waals surface area contributed by atoms with Crippen LogP contribution >= 0.6 is 0 Å². The molecule has 1 atom stereocenters. The van der Waals surface area contributed by atoms with E-state index in [2.05, 4.69) is 15.5 Å². The highest BCUT2D eigenvalue weighted by molar-refractivity contribution is 5.38. The number of nitrogens with zero attached hydrogens (tertiary/aromatic N) is 2. The quantitative estimate of drug-likeness (QED) is 0.863. The molecular formula is C11H15F3N4O. The van der Waals surface area contributed by atoms with E-state index in [0.29, 0.717) is 25.3 Å². The molecule has 0 aromatic carbocycles. The number of aromatic nitrogens is 2. The molecule has 0 spiro atoms. The molecule has 1 unspecified atom stereocenters. The lowest BCUT2D eigenvalue weighted by molar-refractivity contribution is -0.143. The topological polar surface area (TPSA) is 61.0 Å². The first-order chi connectivity index (χ1) is 8.92. The number of hydrogen-bond acceptors (Lipinski definition) is 4. The molecule has 0 amide bonds. The van der Waals surface area contributed by atoms with E-state index in [9.17, 15) is 18.0 Å². The van der Waals surface area contributed by atoms with Crippen LogP contribution in [-0.2, 0) is 0 Å². The zero-order chi connectivity index (χ0) is 13.9. The van der Waals surface area contributed by atoms with Gasteiger partial charge in [-0.25, -0.2) is 5.10 Å². The number of rotatable bonds is 4. The second kappa shape index (κ2) is 5.60. The number of H-pyrrole nitrogens is 1. The molecular weight excluding hydrogens is 261 g/mol. The maximum Gasteiger partial charge on any atom is 0.401 e. The van der Waals surface area contributed by atoms with Crippen molar-refractivity contribution in [1.29, 1.82) is 0 Å². The minimum atomic E-state index is -4.14. The molecule has 1 fully saturated rings. The van der Waals surface area contributed by atoms with Crippen molar-refractivity contribution < 1.29 is 13.2 Å². The van der Waals surface area contributed by atoms with E-state index in [4.69, 9.17) is 0 Å². The summed E-state index contributed by atoms with van der Waals surface area (Å²) in [6, 6.07) is 1.37. The van der Waals surface area contributed by atoms with Crippen LogP contribution in [0.5, 0.6) is 0 Å². The second-order valence-corrected chi connectivity index (χ2v) is 4.72. The van der Waals surface area contributed by atoms with Crippen molar-refractivity contribution in [2.75, 3.05) is 31.5 Å². The van der Waals surface area contributed by atoms with E-state index in [0.717, 1.165) is 6.42 Å². The summed E-state index contributed by atoms with van der Waals surface area (Å²) >= 11 is 0. The highest BCUT2D eigenvalue weighted by Gasteiger charge is 2.34. The molecule has 0 aliphatic carbocycles. The summed E-state index contributed by atoms with van der Waals surface area (Å²) in [5.74, 6) is 0.154.